The van der Waals surface area contributed by atoms with Gasteiger partial charge in [-0.2, -0.15) is 13.2 Å². The summed E-state index contributed by atoms with van der Waals surface area (Å²) in [5.41, 5.74) is -1.08. The second kappa shape index (κ2) is 9.88. The maximum absolute atomic E-state index is 13.0. The quantitative estimate of drug-likeness (QED) is 0.458. The molecule has 182 valence electrons. The van der Waals surface area contributed by atoms with Crippen LogP contribution in [0.1, 0.15) is 28.8 Å². The zero-order chi connectivity index (χ0) is 24.3. The molecule has 2 fully saturated rings. The second-order valence-corrected chi connectivity index (χ2v) is 8.21. The summed E-state index contributed by atoms with van der Waals surface area (Å²) in [7, 11) is 0. The standard InChI is InChI=1S/C23H24F3N3O5/c24-23(25,26)17-5-8-20(21(14-17)29(31)32)27-9-11-28(12-10-27)22(30)16-3-6-18(7-4-16)34-15-19-2-1-13-33-19/h3-8,14,19H,1-2,9-13,15H2. The average molecular weight is 479 g/mol. The number of piperazine rings is 1. The fourth-order valence-corrected chi connectivity index (χ4v) is 4.11. The van der Waals surface area contributed by atoms with Crippen molar-refractivity contribution >= 4 is 17.3 Å². The number of hydrogen-bond donors (Lipinski definition) is 0. The predicted octanol–water partition coefficient (Wildman–Crippen LogP) is 4.13. The number of alkyl halides is 3. The molecule has 0 N–H and O–H groups in total. The van der Waals surface area contributed by atoms with E-state index in [0.29, 0.717) is 24.0 Å². The third kappa shape index (κ3) is 5.41. The van der Waals surface area contributed by atoms with Crippen LogP contribution in [0, 0.1) is 10.1 Å². The normalized spacial score (nSPS) is 18.7. The number of halogens is 3. The molecule has 4 rings (SSSR count). The van der Waals surface area contributed by atoms with Crippen LogP contribution in [0.15, 0.2) is 42.5 Å². The van der Waals surface area contributed by atoms with E-state index in [2.05, 4.69) is 0 Å². The van der Waals surface area contributed by atoms with Crippen molar-refractivity contribution in [2.75, 3.05) is 44.3 Å². The Morgan fingerprint density at radius 2 is 1.82 bits per heavy atom. The van der Waals surface area contributed by atoms with Crippen molar-refractivity contribution < 1.29 is 32.4 Å². The molecule has 11 heteroatoms. The Hall–Kier alpha value is -3.34. The summed E-state index contributed by atoms with van der Waals surface area (Å²) in [5.74, 6) is 0.457. The van der Waals surface area contributed by atoms with E-state index in [0.717, 1.165) is 31.6 Å². The van der Waals surface area contributed by atoms with Crippen molar-refractivity contribution in [3.05, 3.63) is 63.7 Å². The largest absolute Gasteiger partial charge is 0.491 e. The summed E-state index contributed by atoms with van der Waals surface area (Å²) in [4.78, 5) is 26.7. The van der Waals surface area contributed by atoms with Crippen molar-refractivity contribution in [3.63, 3.8) is 0 Å². The van der Waals surface area contributed by atoms with Gasteiger partial charge in [0, 0.05) is 44.4 Å². The minimum Gasteiger partial charge on any atom is -0.491 e. The van der Waals surface area contributed by atoms with E-state index in [1.54, 1.807) is 34.1 Å². The number of carbonyl (C=O) groups is 1. The number of nitrogens with zero attached hydrogens (tertiary/aromatic N) is 3. The zero-order valence-electron chi connectivity index (χ0n) is 18.3. The van der Waals surface area contributed by atoms with Gasteiger partial charge in [0.05, 0.1) is 16.6 Å². The molecule has 0 aromatic heterocycles. The van der Waals surface area contributed by atoms with Gasteiger partial charge in [-0.25, -0.2) is 0 Å². The Morgan fingerprint density at radius 3 is 2.41 bits per heavy atom. The molecule has 0 bridgehead atoms. The first kappa shape index (κ1) is 23.8. The van der Waals surface area contributed by atoms with Gasteiger partial charge in [0.1, 0.15) is 18.0 Å². The molecule has 1 atom stereocenters. The highest BCUT2D eigenvalue weighted by atomic mass is 19.4. The van der Waals surface area contributed by atoms with Crippen LogP contribution in [0.25, 0.3) is 0 Å². The molecule has 0 spiro atoms. The maximum atomic E-state index is 13.0. The molecule has 2 saturated heterocycles. The first-order chi connectivity index (χ1) is 16.2. The van der Waals surface area contributed by atoms with Gasteiger partial charge in [0.25, 0.3) is 11.6 Å². The molecule has 8 nitrogen and oxygen atoms in total. The smallest absolute Gasteiger partial charge is 0.416 e. The van der Waals surface area contributed by atoms with Gasteiger partial charge in [-0.15, -0.1) is 0 Å². The van der Waals surface area contributed by atoms with Crippen molar-refractivity contribution in [2.45, 2.75) is 25.1 Å². The highest BCUT2D eigenvalue weighted by Crippen LogP contribution is 2.36. The van der Waals surface area contributed by atoms with Crippen molar-refractivity contribution in [3.8, 4) is 5.75 Å². The van der Waals surface area contributed by atoms with E-state index in [9.17, 15) is 28.1 Å². The number of anilines is 1. The number of hydrogen-bond acceptors (Lipinski definition) is 6. The number of nitro benzene ring substituents is 1. The minimum absolute atomic E-state index is 0.0955. The van der Waals surface area contributed by atoms with E-state index >= 15 is 0 Å². The van der Waals surface area contributed by atoms with Crippen LogP contribution in [-0.4, -0.2) is 61.2 Å². The maximum Gasteiger partial charge on any atom is 0.416 e. The van der Waals surface area contributed by atoms with Crippen LogP contribution < -0.4 is 9.64 Å². The molecule has 1 amide bonds. The molecular weight excluding hydrogens is 455 g/mol. The number of carbonyl (C=O) groups excluding carboxylic acids is 1. The van der Waals surface area contributed by atoms with E-state index in [-0.39, 0.29) is 43.9 Å². The Morgan fingerprint density at radius 1 is 1.12 bits per heavy atom. The third-order valence-electron chi connectivity index (χ3n) is 5.97. The molecule has 0 aliphatic carbocycles. The average Bonchev–Trinajstić information content (AvgIpc) is 3.35. The lowest BCUT2D eigenvalue weighted by Gasteiger charge is -2.36. The zero-order valence-corrected chi connectivity index (χ0v) is 18.3. The Balaban J connectivity index is 1.36. The molecule has 2 aliphatic heterocycles. The van der Waals surface area contributed by atoms with E-state index in [4.69, 9.17) is 9.47 Å². The highest BCUT2D eigenvalue weighted by molar-refractivity contribution is 5.94. The van der Waals surface area contributed by atoms with Gasteiger partial charge in [0.2, 0.25) is 0 Å². The Kier molecular flexibility index (Phi) is 6.92. The van der Waals surface area contributed by atoms with Crippen LogP contribution in [-0.2, 0) is 10.9 Å². The minimum atomic E-state index is -4.67. The summed E-state index contributed by atoms with van der Waals surface area (Å²) in [5, 5.41) is 11.4. The molecule has 0 saturated carbocycles. The topological polar surface area (TPSA) is 85.2 Å². The third-order valence-corrected chi connectivity index (χ3v) is 5.97. The highest BCUT2D eigenvalue weighted by Gasteiger charge is 2.34. The molecule has 1 unspecified atom stereocenters. The molecule has 2 aliphatic rings. The molecule has 2 aromatic carbocycles. The molecular formula is C23H24F3N3O5. The van der Waals surface area contributed by atoms with E-state index < -0.39 is 22.4 Å². The molecule has 34 heavy (non-hydrogen) atoms. The number of benzene rings is 2. The lowest BCUT2D eigenvalue weighted by atomic mass is 10.1. The predicted molar refractivity (Wildman–Crippen MR) is 117 cm³/mol. The fourth-order valence-electron chi connectivity index (χ4n) is 4.11. The van der Waals surface area contributed by atoms with Crippen LogP contribution in [0.3, 0.4) is 0 Å². The molecule has 2 aromatic rings. The summed E-state index contributed by atoms with van der Waals surface area (Å²) in [6, 6.07) is 9.32. The van der Waals surface area contributed by atoms with E-state index in [1.165, 1.54) is 0 Å². The number of amides is 1. The number of rotatable bonds is 6. The van der Waals surface area contributed by atoms with Gasteiger partial charge in [-0.3, -0.25) is 14.9 Å². The van der Waals surface area contributed by atoms with Crippen molar-refractivity contribution in [1.29, 1.82) is 0 Å². The monoisotopic (exact) mass is 479 g/mol. The van der Waals surface area contributed by atoms with Crippen LogP contribution in [0.5, 0.6) is 5.75 Å². The van der Waals surface area contributed by atoms with Crippen molar-refractivity contribution in [2.24, 2.45) is 0 Å². The SMILES string of the molecule is O=C(c1ccc(OCC2CCCO2)cc1)N1CCN(c2ccc(C(F)(F)F)cc2[N+](=O)[O-])CC1. The fraction of sp³-hybridized carbons (Fsp3) is 0.435. The summed E-state index contributed by atoms with van der Waals surface area (Å²) in [6.45, 7) is 2.32. The number of ether oxygens (including phenoxy) is 2. The Labute approximate surface area is 194 Å². The first-order valence-electron chi connectivity index (χ1n) is 11.0. The lowest BCUT2D eigenvalue weighted by Crippen LogP contribution is -2.49. The van der Waals surface area contributed by atoms with Crippen LogP contribution in [0.2, 0.25) is 0 Å². The molecule has 0 radical (unpaired) electrons. The van der Waals surface area contributed by atoms with Crippen LogP contribution in [0.4, 0.5) is 24.5 Å². The van der Waals surface area contributed by atoms with E-state index in [1.807, 2.05) is 0 Å². The van der Waals surface area contributed by atoms with Crippen molar-refractivity contribution in [1.82, 2.24) is 4.90 Å². The summed E-state index contributed by atoms with van der Waals surface area (Å²) >= 11 is 0. The van der Waals surface area contributed by atoms with Crippen LogP contribution >= 0.6 is 0 Å². The lowest BCUT2D eigenvalue weighted by molar-refractivity contribution is -0.384. The summed E-state index contributed by atoms with van der Waals surface area (Å²) in [6.07, 6.45) is -2.57. The first-order valence-corrected chi connectivity index (χ1v) is 11.0. The number of nitro groups is 1. The summed E-state index contributed by atoms with van der Waals surface area (Å²) < 4.78 is 50.1. The van der Waals surface area contributed by atoms with Gasteiger partial charge in [-0.05, 0) is 49.2 Å². The van der Waals surface area contributed by atoms with Gasteiger partial charge in [-0.1, -0.05) is 0 Å². The Bertz CT molecular complexity index is 1030. The van der Waals surface area contributed by atoms with Gasteiger partial charge < -0.3 is 19.3 Å². The second-order valence-electron chi connectivity index (χ2n) is 8.21. The van der Waals surface area contributed by atoms with Gasteiger partial charge >= 0.3 is 6.18 Å². The van der Waals surface area contributed by atoms with Gasteiger partial charge in [0.15, 0.2) is 0 Å². The molecule has 2 heterocycles.